The zero-order valence-electron chi connectivity index (χ0n) is 14.4. The quantitative estimate of drug-likeness (QED) is 0.798. The SMILES string of the molecule is C=N/C=C1/CN(C(=O)OC(C)(C)C)CCC1=NCc1ncccn1. The van der Waals surface area contributed by atoms with Gasteiger partial charge in [0, 0.05) is 42.8 Å². The molecule has 24 heavy (non-hydrogen) atoms. The predicted octanol–water partition coefficient (Wildman–Crippen LogP) is 2.64. The van der Waals surface area contributed by atoms with Gasteiger partial charge in [0.2, 0.25) is 0 Å². The number of hydrogen-bond donors (Lipinski definition) is 0. The first-order valence-electron chi connectivity index (χ1n) is 7.81. The summed E-state index contributed by atoms with van der Waals surface area (Å²) in [4.78, 5) is 30.6. The molecule has 1 saturated heterocycles. The minimum absolute atomic E-state index is 0.331. The lowest BCUT2D eigenvalue weighted by atomic mass is 10.0. The highest BCUT2D eigenvalue weighted by Gasteiger charge is 2.27. The van der Waals surface area contributed by atoms with Gasteiger partial charge in [-0.1, -0.05) is 0 Å². The van der Waals surface area contributed by atoms with Crippen LogP contribution in [0.25, 0.3) is 0 Å². The topological polar surface area (TPSA) is 80.0 Å². The van der Waals surface area contributed by atoms with Crippen LogP contribution in [0.3, 0.4) is 0 Å². The highest BCUT2D eigenvalue weighted by molar-refractivity contribution is 6.02. The van der Waals surface area contributed by atoms with Crippen molar-refractivity contribution in [1.82, 2.24) is 14.9 Å². The van der Waals surface area contributed by atoms with E-state index in [-0.39, 0.29) is 6.09 Å². The van der Waals surface area contributed by atoms with E-state index in [0.29, 0.717) is 31.9 Å². The Morgan fingerprint density at radius 1 is 1.42 bits per heavy atom. The van der Waals surface area contributed by atoms with Crippen molar-refractivity contribution in [2.45, 2.75) is 39.3 Å². The average molecular weight is 329 g/mol. The van der Waals surface area contributed by atoms with Crippen LogP contribution in [0.15, 0.2) is 40.2 Å². The van der Waals surface area contributed by atoms with Crippen LogP contribution in [0.2, 0.25) is 0 Å². The molecule has 0 aliphatic carbocycles. The number of carbonyl (C=O) groups is 1. The number of piperidine rings is 1. The molecule has 0 unspecified atom stereocenters. The fraction of sp³-hybridized carbons (Fsp3) is 0.471. The number of carbonyl (C=O) groups excluding carboxylic acids is 1. The van der Waals surface area contributed by atoms with Crippen molar-refractivity contribution in [3.05, 3.63) is 36.1 Å². The Hall–Kier alpha value is -2.57. The molecule has 1 aromatic heterocycles. The van der Waals surface area contributed by atoms with Crippen LogP contribution in [0.5, 0.6) is 0 Å². The molecule has 0 bridgehead atoms. The Balaban J connectivity index is 2.07. The second kappa shape index (κ2) is 7.81. The molecular weight excluding hydrogens is 306 g/mol. The zero-order valence-corrected chi connectivity index (χ0v) is 14.4. The number of ether oxygens (including phenoxy) is 1. The molecule has 1 aromatic rings. The Bertz CT molecular complexity index is 647. The molecule has 7 nitrogen and oxygen atoms in total. The summed E-state index contributed by atoms with van der Waals surface area (Å²) in [5.74, 6) is 0.658. The normalized spacial score (nSPS) is 18.7. The minimum atomic E-state index is -0.517. The predicted molar refractivity (Wildman–Crippen MR) is 93.2 cm³/mol. The van der Waals surface area contributed by atoms with Crippen molar-refractivity contribution in [3.8, 4) is 0 Å². The molecule has 0 aromatic carbocycles. The summed E-state index contributed by atoms with van der Waals surface area (Å²) in [6.45, 7) is 10.4. The van der Waals surface area contributed by atoms with Crippen LogP contribution in [0, 0.1) is 0 Å². The molecule has 128 valence electrons. The monoisotopic (exact) mass is 329 g/mol. The van der Waals surface area contributed by atoms with Gasteiger partial charge in [0.15, 0.2) is 0 Å². The van der Waals surface area contributed by atoms with E-state index in [1.54, 1.807) is 29.6 Å². The summed E-state index contributed by atoms with van der Waals surface area (Å²) < 4.78 is 5.42. The van der Waals surface area contributed by atoms with E-state index < -0.39 is 5.60 Å². The Kier molecular flexibility index (Phi) is 5.78. The third-order valence-electron chi connectivity index (χ3n) is 3.28. The fourth-order valence-corrected chi connectivity index (χ4v) is 2.24. The summed E-state index contributed by atoms with van der Waals surface area (Å²) >= 11 is 0. The first kappa shape index (κ1) is 17.8. The van der Waals surface area contributed by atoms with E-state index >= 15 is 0 Å². The molecule has 1 aliphatic rings. The van der Waals surface area contributed by atoms with Gasteiger partial charge in [-0.15, -0.1) is 0 Å². The lowest BCUT2D eigenvalue weighted by molar-refractivity contribution is 0.0267. The molecular formula is C17H23N5O2. The van der Waals surface area contributed by atoms with Crippen LogP contribution >= 0.6 is 0 Å². The minimum Gasteiger partial charge on any atom is -0.444 e. The molecule has 1 aliphatic heterocycles. The molecule has 1 amide bonds. The van der Waals surface area contributed by atoms with Crippen LogP contribution in [0.4, 0.5) is 4.79 Å². The lowest BCUT2D eigenvalue weighted by Crippen LogP contribution is -2.43. The molecule has 2 rings (SSSR count). The Morgan fingerprint density at radius 2 is 2.12 bits per heavy atom. The number of amides is 1. The van der Waals surface area contributed by atoms with E-state index in [4.69, 9.17) is 4.74 Å². The molecule has 0 saturated carbocycles. The molecule has 0 atom stereocenters. The molecule has 7 heteroatoms. The van der Waals surface area contributed by atoms with Crippen LogP contribution < -0.4 is 0 Å². The van der Waals surface area contributed by atoms with Gasteiger partial charge >= 0.3 is 6.09 Å². The van der Waals surface area contributed by atoms with E-state index in [9.17, 15) is 4.79 Å². The second-order valence-electron chi connectivity index (χ2n) is 6.42. The van der Waals surface area contributed by atoms with Crippen LogP contribution in [-0.4, -0.2) is 52.1 Å². The van der Waals surface area contributed by atoms with Crippen LogP contribution in [0.1, 0.15) is 33.0 Å². The third-order valence-corrected chi connectivity index (χ3v) is 3.28. The largest absolute Gasteiger partial charge is 0.444 e. The second-order valence-corrected chi connectivity index (χ2v) is 6.42. The maximum Gasteiger partial charge on any atom is 0.410 e. The average Bonchev–Trinajstić information content (AvgIpc) is 2.53. The van der Waals surface area contributed by atoms with Gasteiger partial charge in [0.1, 0.15) is 11.4 Å². The van der Waals surface area contributed by atoms with E-state index in [2.05, 4.69) is 26.7 Å². The Labute approximate surface area is 142 Å². The van der Waals surface area contributed by atoms with Gasteiger partial charge in [-0.3, -0.25) is 9.98 Å². The molecule has 0 N–H and O–H groups in total. The van der Waals surface area contributed by atoms with Gasteiger partial charge in [0.25, 0.3) is 0 Å². The molecule has 0 spiro atoms. The number of rotatable bonds is 3. The summed E-state index contributed by atoms with van der Waals surface area (Å²) in [6, 6.07) is 1.77. The standard InChI is InChI=1S/C17H23N5O2/c1-17(2,3)24-16(23)22-9-6-14(13(12-22)10-18-4)21-11-15-19-7-5-8-20-15/h5,7-8,10H,4,6,9,11-12H2,1-3H3/b13-10-,21-14?. The maximum absolute atomic E-state index is 12.2. The van der Waals surface area contributed by atoms with E-state index in [1.165, 1.54) is 0 Å². The molecule has 2 heterocycles. The lowest BCUT2D eigenvalue weighted by Gasteiger charge is -2.31. The highest BCUT2D eigenvalue weighted by atomic mass is 16.6. The molecule has 0 radical (unpaired) electrons. The summed E-state index contributed by atoms with van der Waals surface area (Å²) in [6.07, 6.45) is 5.32. The fourth-order valence-electron chi connectivity index (χ4n) is 2.24. The maximum atomic E-state index is 12.2. The molecule has 1 fully saturated rings. The van der Waals surface area contributed by atoms with Crippen molar-refractivity contribution < 1.29 is 9.53 Å². The number of likely N-dealkylation sites (tertiary alicyclic amines) is 1. The number of nitrogens with zero attached hydrogens (tertiary/aromatic N) is 5. The van der Waals surface area contributed by atoms with Crippen molar-refractivity contribution >= 4 is 18.5 Å². The first-order valence-corrected chi connectivity index (χ1v) is 7.81. The zero-order chi connectivity index (χ0) is 17.6. The summed E-state index contributed by atoms with van der Waals surface area (Å²) in [7, 11) is 0. The van der Waals surface area contributed by atoms with Gasteiger partial charge in [-0.25, -0.2) is 14.8 Å². The smallest absolute Gasteiger partial charge is 0.410 e. The van der Waals surface area contributed by atoms with Crippen molar-refractivity contribution in [2.75, 3.05) is 13.1 Å². The van der Waals surface area contributed by atoms with Gasteiger partial charge in [-0.2, -0.15) is 0 Å². The van der Waals surface area contributed by atoms with Gasteiger partial charge in [-0.05, 0) is 33.6 Å². The number of hydrogen-bond acceptors (Lipinski definition) is 6. The van der Waals surface area contributed by atoms with Crippen molar-refractivity contribution in [3.63, 3.8) is 0 Å². The van der Waals surface area contributed by atoms with Crippen molar-refractivity contribution in [1.29, 1.82) is 0 Å². The summed E-state index contributed by atoms with van der Waals surface area (Å²) in [5.41, 5.74) is 1.24. The highest BCUT2D eigenvalue weighted by Crippen LogP contribution is 2.18. The van der Waals surface area contributed by atoms with E-state index in [1.807, 2.05) is 20.8 Å². The number of aromatic nitrogens is 2. The van der Waals surface area contributed by atoms with Gasteiger partial charge in [0.05, 0.1) is 13.1 Å². The first-order chi connectivity index (χ1) is 11.4. The van der Waals surface area contributed by atoms with Crippen LogP contribution in [-0.2, 0) is 11.3 Å². The van der Waals surface area contributed by atoms with Gasteiger partial charge < -0.3 is 9.64 Å². The number of aliphatic imine (C=N–C) groups is 2. The summed E-state index contributed by atoms with van der Waals surface area (Å²) in [5, 5.41) is 0. The third kappa shape index (κ3) is 5.26. The van der Waals surface area contributed by atoms with Crippen molar-refractivity contribution in [2.24, 2.45) is 9.98 Å². The van der Waals surface area contributed by atoms with E-state index in [0.717, 1.165) is 11.3 Å². The Morgan fingerprint density at radius 3 is 2.75 bits per heavy atom.